The Morgan fingerprint density at radius 2 is 1.82 bits per heavy atom. The van der Waals surface area contributed by atoms with Gasteiger partial charge in [-0.05, 0) is 24.2 Å². The van der Waals surface area contributed by atoms with Crippen LogP contribution in [0, 0.1) is 11.3 Å². The lowest BCUT2D eigenvalue weighted by Crippen LogP contribution is -2.44. The molecule has 1 fully saturated rings. The Morgan fingerprint density at radius 1 is 1.29 bits per heavy atom. The molecule has 1 rings (SSSR count). The molecule has 96 valence electrons. The Labute approximate surface area is 107 Å². The van der Waals surface area contributed by atoms with Gasteiger partial charge in [0.1, 0.15) is 0 Å². The second kappa shape index (κ2) is 5.44. The second-order valence-corrected chi connectivity index (χ2v) is 5.37. The van der Waals surface area contributed by atoms with Crippen LogP contribution < -0.4 is 16.4 Å². The molecule has 0 radical (unpaired) electrons. The molecule has 6 heteroatoms. The van der Waals surface area contributed by atoms with Crippen molar-refractivity contribution in [2.24, 2.45) is 17.1 Å². The minimum atomic E-state index is -0.683. The van der Waals surface area contributed by atoms with Gasteiger partial charge in [0, 0.05) is 6.54 Å². The molecule has 0 aliphatic heterocycles. The summed E-state index contributed by atoms with van der Waals surface area (Å²) in [6.45, 7) is 4.87. The van der Waals surface area contributed by atoms with Crippen LogP contribution in [0.2, 0.25) is 0 Å². The summed E-state index contributed by atoms with van der Waals surface area (Å²) in [6, 6.07) is 0. The summed E-state index contributed by atoms with van der Waals surface area (Å²) < 4.78 is 0. The van der Waals surface area contributed by atoms with Gasteiger partial charge in [-0.25, -0.2) is 0 Å². The van der Waals surface area contributed by atoms with Gasteiger partial charge in [0.2, 0.25) is 0 Å². The van der Waals surface area contributed by atoms with Gasteiger partial charge in [-0.1, -0.05) is 26.1 Å². The maximum absolute atomic E-state index is 11.4. The van der Waals surface area contributed by atoms with Crippen molar-refractivity contribution in [1.29, 1.82) is 0 Å². The first kappa shape index (κ1) is 13.9. The highest BCUT2D eigenvalue weighted by Gasteiger charge is 2.45. The minimum absolute atomic E-state index is 0.0525. The van der Waals surface area contributed by atoms with Crippen molar-refractivity contribution in [3.8, 4) is 0 Å². The van der Waals surface area contributed by atoms with Crippen molar-refractivity contribution in [3.63, 3.8) is 0 Å². The van der Waals surface area contributed by atoms with Crippen LogP contribution in [-0.4, -0.2) is 29.9 Å². The normalized spacial score (nSPS) is 16.4. The zero-order chi connectivity index (χ0) is 13.1. The monoisotopic (exact) mass is 257 g/mol. The Morgan fingerprint density at radius 3 is 2.24 bits per heavy atom. The number of hydrogen-bond acceptors (Lipinski definition) is 3. The maximum atomic E-state index is 11.4. The SMILES string of the molecule is CC(C)C1(CNC(=O)C(=O)NCC(N)=S)CC1. The van der Waals surface area contributed by atoms with Crippen LogP contribution in [0.15, 0.2) is 0 Å². The van der Waals surface area contributed by atoms with E-state index in [0.717, 1.165) is 12.8 Å². The Bertz CT molecular complexity index is 338. The predicted octanol–water partition coefficient (Wildman–Crippen LogP) is -0.0589. The minimum Gasteiger partial charge on any atom is -0.392 e. The summed E-state index contributed by atoms with van der Waals surface area (Å²) in [5, 5.41) is 5.01. The zero-order valence-corrected chi connectivity index (χ0v) is 11.0. The van der Waals surface area contributed by atoms with Crippen LogP contribution >= 0.6 is 12.2 Å². The molecule has 5 nitrogen and oxygen atoms in total. The van der Waals surface area contributed by atoms with Gasteiger partial charge in [0.05, 0.1) is 11.5 Å². The molecular formula is C11H19N3O2S. The summed E-state index contributed by atoms with van der Waals surface area (Å²) in [4.78, 5) is 22.9. The van der Waals surface area contributed by atoms with Crippen molar-refractivity contribution in [2.45, 2.75) is 26.7 Å². The smallest absolute Gasteiger partial charge is 0.309 e. The number of hydrogen-bond donors (Lipinski definition) is 3. The average Bonchev–Trinajstić information content (AvgIpc) is 3.03. The standard InChI is InChI=1S/C11H19N3O2S/c1-7(2)11(3-4-11)6-14-10(16)9(15)13-5-8(12)17/h7H,3-6H2,1-2H3,(H2,12,17)(H,13,15)(H,14,16). The average molecular weight is 257 g/mol. The first-order valence-corrected chi connectivity index (χ1v) is 6.12. The molecule has 0 aromatic carbocycles. The highest BCUT2D eigenvalue weighted by atomic mass is 32.1. The zero-order valence-electron chi connectivity index (χ0n) is 10.2. The summed E-state index contributed by atoms with van der Waals surface area (Å²) in [7, 11) is 0. The number of amides is 2. The van der Waals surface area contributed by atoms with Crippen LogP contribution in [0.3, 0.4) is 0 Å². The lowest BCUT2D eigenvalue weighted by Gasteiger charge is -2.19. The highest BCUT2D eigenvalue weighted by Crippen LogP contribution is 2.51. The third-order valence-corrected chi connectivity index (χ3v) is 3.49. The topological polar surface area (TPSA) is 84.2 Å². The largest absolute Gasteiger partial charge is 0.392 e. The van der Waals surface area contributed by atoms with Crippen LogP contribution in [0.25, 0.3) is 0 Å². The van der Waals surface area contributed by atoms with Crippen LogP contribution in [0.4, 0.5) is 0 Å². The Hall–Kier alpha value is -1.17. The first-order chi connectivity index (χ1) is 7.87. The van der Waals surface area contributed by atoms with Gasteiger partial charge in [0.25, 0.3) is 0 Å². The molecule has 0 aromatic heterocycles. The molecule has 0 atom stereocenters. The molecule has 0 aromatic rings. The molecule has 0 heterocycles. The number of rotatable bonds is 5. The molecule has 0 saturated heterocycles. The van der Waals surface area contributed by atoms with Gasteiger partial charge >= 0.3 is 11.8 Å². The van der Waals surface area contributed by atoms with E-state index < -0.39 is 11.8 Å². The van der Waals surface area contributed by atoms with E-state index in [1.54, 1.807) is 0 Å². The van der Waals surface area contributed by atoms with Crippen molar-refractivity contribution in [3.05, 3.63) is 0 Å². The van der Waals surface area contributed by atoms with Gasteiger partial charge < -0.3 is 16.4 Å². The highest BCUT2D eigenvalue weighted by molar-refractivity contribution is 7.80. The van der Waals surface area contributed by atoms with E-state index >= 15 is 0 Å². The van der Waals surface area contributed by atoms with E-state index in [9.17, 15) is 9.59 Å². The van der Waals surface area contributed by atoms with Crippen molar-refractivity contribution >= 4 is 29.0 Å². The molecule has 1 saturated carbocycles. The molecule has 1 aliphatic rings. The molecule has 1 aliphatic carbocycles. The van der Waals surface area contributed by atoms with E-state index in [1.165, 1.54) is 0 Å². The maximum Gasteiger partial charge on any atom is 0.309 e. The number of carbonyl (C=O) groups is 2. The third-order valence-electron chi connectivity index (χ3n) is 3.35. The molecule has 0 spiro atoms. The van der Waals surface area contributed by atoms with E-state index in [1.807, 2.05) is 0 Å². The summed E-state index contributed by atoms with van der Waals surface area (Å²) in [5.74, 6) is -0.784. The second-order valence-electron chi connectivity index (χ2n) is 4.85. The fraction of sp³-hybridized carbons (Fsp3) is 0.727. The first-order valence-electron chi connectivity index (χ1n) is 5.72. The number of nitrogens with one attached hydrogen (secondary N) is 2. The Kier molecular flexibility index (Phi) is 4.45. The molecule has 0 bridgehead atoms. The van der Waals surface area contributed by atoms with E-state index in [0.29, 0.717) is 12.5 Å². The van der Waals surface area contributed by atoms with E-state index in [4.69, 9.17) is 5.73 Å². The van der Waals surface area contributed by atoms with Gasteiger partial charge in [-0.3, -0.25) is 9.59 Å². The number of carbonyl (C=O) groups excluding carboxylic acids is 2. The van der Waals surface area contributed by atoms with Gasteiger partial charge in [-0.2, -0.15) is 0 Å². The number of thiocarbonyl (C=S) groups is 1. The van der Waals surface area contributed by atoms with Crippen molar-refractivity contribution < 1.29 is 9.59 Å². The van der Waals surface area contributed by atoms with Crippen molar-refractivity contribution in [1.82, 2.24) is 10.6 Å². The molecular weight excluding hydrogens is 238 g/mol. The summed E-state index contributed by atoms with van der Waals surface area (Å²) in [6.07, 6.45) is 2.22. The third kappa shape index (κ3) is 3.96. The van der Waals surface area contributed by atoms with Crippen LogP contribution in [0.1, 0.15) is 26.7 Å². The summed E-state index contributed by atoms with van der Waals surface area (Å²) in [5.41, 5.74) is 5.41. The molecule has 4 N–H and O–H groups in total. The molecule has 17 heavy (non-hydrogen) atoms. The van der Waals surface area contributed by atoms with Crippen molar-refractivity contribution in [2.75, 3.05) is 13.1 Å². The fourth-order valence-corrected chi connectivity index (χ4v) is 1.78. The molecule has 0 unspecified atom stereocenters. The van der Waals surface area contributed by atoms with E-state index in [2.05, 4.69) is 36.7 Å². The number of nitrogens with two attached hydrogens (primary N) is 1. The van der Waals surface area contributed by atoms with Gasteiger partial charge in [0.15, 0.2) is 0 Å². The lowest BCUT2D eigenvalue weighted by atomic mass is 9.92. The summed E-state index contributed by atoms with van der Waals surface area (Å²) >= 11 is 4.60. The van der Waals surface area contributed by atoms with E-state index in [-0.39, 0.29) is 16.9 Å². The lowest BCUT2D eigenvalue weighted by molar-refractivity contribution is -0.139. The van der Waals surface area contributed by atoms with Gasteiger partial charge in [-0.15, -0.1) is 0 Å². The Balaban J connectivity index is 2.30. The molecule has 2 amide bonds. The quantitative estimate of drug-likeness (QED) is 0.476. The predicted molar refractivity (Wildman–Crippen MR) is 69.3 cm³/mol. The fourth-order valence-electron chi connectivity index (χ4n) is 1.70. The van der Waals surface area contributed by atoms with Crippen LogP contribution in [0.5, 0.6) is 0 Å². The van der Waals surface area contributed by atoms with Crippen LogP contribution in [-0.2, 0) is 9.59 Å².